The van der Waals surface area contributed by atoms with E-state index in [1.807, 2.05) is 79.7 Å². The van der Waals surface area contributed by atoms with Gasteiger partial charge in [0, 0.05) is 11.6 Å². The van der Waals surface area contributed by atoms with E-state index < -0.39 is 0 Å². The van der Waals surface area contributed by atoms with Crippen molar-refractivity contribution >= 4 is 23.6 Å². The molecule has 0 fully saturated rings. The molecule has 0 saturated heterocycles. The Morgan fingerprint density at radius 3 is 2.36 bits per heavy atom. The van der Waals surface area contributed by atoms with Crippen molar-refractivity contribution in [1.82, 2.24) is 5.32 Å². The molecule has 1 aliphatic heterocycles. The Balaban J connectivity index is 1.32. The summed E-state index contributed by atoms with van der Waals surface area (Å²) in [4.78, 5) is 28.2. The number of anilines is 1. The van der Waals surface area contributed by atoms with Crippen LogP contribution in [0.2, 0.25) is 0 Å². The van der Waals surface area contributed by atoms with Gasteiger partial charge in [-0.3, -0.25) is 14.5 Å². The predicted molar refractivity (Wildman–Crippen MR) is 156 cm³/mol. The summed E-state index contributed by atoms with van der Waals surface area (Å²) in [7, 11) is 0. The van der Waals surface area contributed by atoms with Crippen LogP contribution in [0.3, 0.4) is 0 Å². The highest BCUT2D eigenvalue weighted by Crippen LogP contribution is 2.36. The quantitative estimate of drug-likeness (QED) is 0.265. The topological polar surface area (TPSA) is 58.6 Å². The average Bonchev–Trinajstić information content (AvgIpc) is 2.96. The number of ether oxygens (including phenoxy) is 1. The molecule has 1 N–H and O–H groups in total. The molecular weight excluding hydrogens is 484 g/mol. The second-order valence-electron chi connectivity index (χ2n) is 9.85. The summed E-state index contributed by atoms with van der Waals surface area (Å²) >= 11 is 0. The van der Waals surface area contributed by atoms with E-state index >= 15 is 0 Å². The van der Waals surface area contributed by atoms with Gasteiger partial charge >= 0.3 is 0 Å². The minimum Gasteiger partial charge on any atom is -0.449 e. The summed E-state index contributed by atoms with van der Waals surface area (Å²) in [5.41, 5.74) is 5.49. The first kappa shape index (κ1) is 26.0. The number of carbonyl (C=O) groups excluding carboxylic acids is 2. The van der Waals surface area contributed by atoms with Crippen molar-refractivity contribution in [3.63, 3.8) is 0 Å². The van der Waals surface area contributed by atoms with E-state index in [2.05, 4.69) is 30.4 Å². The Morgan fingerprint density at radius 2 is 1.62 bits per heavy atom. The Hall–Kier alpha value is -4.64. The molecule has 5 heteroatoms. The number of hydrogen-bond donors (Lipinski definition) is 1. The summed E-state index contributed by atoms with van der Waals surface area (Å²) in [5, 5.41) is 3.14. The number of hydrogen-bond acceptors (Lipinski definition) is 3. The van der Waals surface area contributed by atoms with E-state index in [1.54, 1.807) is 23.1 Å². The smallest absolute Gasteiger partial charge is 0.294 e. The van der Waals surface area contributed by atoms with Crippen LogP contribution in [0.25, 0.3) is 6.08 Å². The van der Waals surface area contributed by atoms with Crippen molar-refractivity contribution in [2.24, 2.45) is 0 Å². The van der Waals surface area contributed by atoms with Crippen molar-refractivity contribution in [3.8, 4) is 5.75 Å². The summed E-state index contributed by atoms with van der Waals surface area (Å²) in [5.74, 6) is 0.562. The van der Waals surface area contributed by atoms with Crippen LogP contribution in [0.4, 0.5) is 5.69 Å². The van der Waals surface area contributed by atoms with Gasteiger partial charge in [-0.25, -0.2) is 0 Å². The zero-order chi connectivity index (χ0) is 27.2. The van der Waals surface area contributed by atoms with Crippen LogP contribution in [-0.2, 0) is 17.8 Å². The number of benzene rings is 4. The molecule has 4 aromatic carbocycles. The maximum atomic E-state index is 13.5. The lowest BCUT2D eigenvalue weighted by Crippen LogP contribution is -2.36. The van der Waals surface area contributed by atoms with Gasteiger partial charge in [-0.05, 0) is 66.8 Å². The van der Waals surface area contributed by atoms with Gasteiger partial charge in [0.1, 0.15) is 0 Å². The zero-order valence-corrected chi connectivity index (χ0v) is 22.3. The third kappa shape index (κ3) is 6.27. The van der Waals surface area contributed by atoms with Crippen molar-refractivity contribution in [2.45, 2.75) is 39.3 Å². The van der Waals surface area contributed by atoms with Crippen LogP contribution in [0.1, 0.15) is 46.0 Å². The number of nitrogens with zero attached hydrogens (tertiary/aromatic N) is 1. The molecule has 0 saturated carbocycles. The van der Waals surface area contributed by atoms with Crippen molar-refractivity contribution < 1.29 is 14.3 Å². The molecule has 4 aromatic rings. The number of fused-ring (bicyclic) bond motifs is 1. The summed E-state index contributed by atoms with van der Waals surface area (Å²) in [6.07, 6.45) is 3.35. The molecule has 196 valence electrons. The molecule has 5 nitrogen and oxygen atoms in total. The average molecular weight is 517 g/mol. The number of aryl methyl sites for hydroxylation is 1. The Morgan fingerprint density at radius 1 is 0.897 bits per heavy atom. The molecule has 39 heavy (non-hydrogen) atoms. The molecule has 5 rings (SSSR count). The van der Waals surface area contributed by atoms with E-state index in [0.717, 1.165) is 35.2 Å². The maximum absolute atomic E-state index is 13.5. The standard InChI is InChI=1S/C34H32N2O3/c1-3-29(21-25-11-5-4-6-12-25)35-33(37)28-18-16-26(17-19-28)22-32-34(38)36(23-27-13-9-10-24(2)20-27)30-14-7-8-15-31(30)39-32/h4-20,22,29H,3,21,23H2,1-2H3,(H,35,37)/b32-22+. The Kier molecular flexibility index (Phi) is 7.88. The van der Waals surface area contributed by atoms with E-state index in [1.165, 1.54) is 5.56 Å². The summed E-state index contributed by atoms with van der Waals surface area (Å²) < 4.78 is 6.03. The fraction of sp³-hybridized carbons (Fsp3) is 0.176. The molecule has 0 bridgehead atoms. The summed E-state index contributed by atoms with van der Waals surface area (Å²) in [6.45, 7) is 4.56. The SMILES string of the molecule is CCC(Cc1ccccc1)NC(=O)c1ccc(/C=C2/Oc3ccccc3N(Cc3cccc(C)c3)C2=O)cc1. The lowest BCUT2D eigenvalue weighted by atomic mass is 10.0. The molecule has 1 heterocycles. The molecule has 1 atom stereocenters. The fourth-order valence-corrected chi connectivity index (χ4v) is 4.76. The van der Waals surface area contributed by atoms with Gasteiger partial charge in [-0.2, -0.15) is 0 Å². The molecule has 1 aliphatic rings. The molecule has 2 amide bonds. The third-order valence-electron chi connectivity index (χ3n) is 6.88. The first-order chi connectivity index (χ1) is 19.0. The van der Waals surface area contributed by atoms with Gasteiger partial charge in [-0.1, -0.05) is 91.3 Å². The highest BCUT2D eigenvalue weighted by molar-refractivity contribution is 6.09. The number of carbonyl (C=O) groups is 2. The second kappa shape index (κ2) is 11.8. The molecule has 0 aromatic heterocycles. The molecule has 0 aliphatic carbocycles. The number of nitrogens with one attached hydrogen (secondary N) is 1. The Bertz CT molecular complexity index is 1490. The first-order valence-electron chi connectivity index (χ1n) is 13.3. The van der Waals surface area contributed by atoms with E-state index in [-0.39, 0.29) is 23.6 Å². The van der Waals surface area contributed by atoms with Crippen molar-refractivity contribution in [1.29, 1.82) is 0 Å². The first-order valence-corrected chi connectivity index (χ1v) is 13.3. The van der Waals surface area contributed by atoms with Crippen LogP contribution in [0, 0.1) is 6.92 Å². The van der Waals surface area contributed by atoms with Crippen LogP contribution in [-0.4, -0.2) is 17.9 Å². The van der Waals surface area contributed by atoms with Crippen LogP contribution >= 0.6 is 0 Å². The predicted octanol–water partition coefficient (Wildman–Crippen LogP) is 6.71. The lowest BCUT2D eigenvalue weighted by Gasteiger charge is -2.30. The third-order valence-corrected chi connectivity index (χ3v) is 6.88. The second-order valence-corrected chi connectivity index (χ2v) is 9.85. The van der Waals surface area contributed by atoms with Gasteiger partial charge < -0.3 is 10.1 Å². The van der Waals surface area contributed by atoms with Gasteiger partial charge in [-0.15, -0.1) is 0 Å². The highest BCUT2D eigenvalue weighted by atomic mass is 16.5. The largest absolute Gasteiger partial charge is 0.449 e. The van der Waals surface area contributed by atoms with Crippen molar-refractivity contribution in [2.75, 3.05) is 4.90 Å². The van der Waals surface area contributed by atoms with Gasteiger partial charge in [0.15, 0.2) is 11.5 Å². The van der Waals surface area contributed by atoms with Crippen LogP contribution in [0.5, 0.6) is 5.75 Å². The van der Waals surface area contributed by atoms with Gasteiger partial charge in [0.2, 0.25) is 0 Å². The normalized spacial score (nSPS) is 14.5. The Labute approximate surface area is 229 Å². The zero-order valence-electron chi connectivity index (χ0n) is 22.3. The van der Waals surface area contributed by atoms with E-state index in [9.17, 15) is 9.59 Å². The van der Waals surface area contributed by atoms with Gasteiger partial charge in [0.25, 0.3) is 11.8 Å². The highest BCUT2D eigenvalue weighted by Gasteiger charge is 2.30. The molecular formula is C34H32N2O3. The van der Waals surface area contributed by atoms with Crippen LogP contribution in [0.15, 0.2) is 109 Å². The molecule has 0 spiro atoms. The minimum absolute atomic E-state index is 0.0504. The van der Waals surface area contributed by atoms with Crippen molar-refractivity contribution in [3.05, 3.63) is 137 Å². The number of para-hydroxylation sites is 2. The van der Waals surface area contributed by atoms with Gasteiger partial charge in [0.05, 0.1) is 12.2 Å². The van der Waals surface area contributed by atoms with E-state index in [4.69, 9.17) is 4.74 Å². The fourth-order valence-electron chi connectivity index (χ4n) is 4.76. The number of amides is 2. The maximum Gasteiger partial charge on any atom is 0.294 e. The van der Waals surface area contributed by atoms with Crippen LogP contribution < -0.4 is 15.0 Å². The minimum atomic E-state index is -0.205. The lowest BCUT2D eigenvalue weighted by molar-refractivity contribution is -0.117. The monoisotopic (exact) mass is 516 g/mol. The molecule has 1 unspecified atom stereocenters. The number of rotatable bonds is 8. The van der Waals surface area contributed by atoms with E-state index in [0.29, 0.717) is 17.9 Å². The molecule has 0 radical (unpaired) electrons. The summed E-state index contributed by atoms with van der Waals surface area (Å²) in [6, 6.07) is 33.2.